The van der Waals surface area contributed by atoms with Gasteiger partial charge in [0.15, 0.2) is 0 Å². The van der Waals surface area contributed by atoms with E-state index in [9.17, 15) is 4.79 Å². The molecule has 0 unspecified atom stereocenters. The third kappa shape index (κ3) is 4.03. The SMILES string of the molecule is C=CCOC(=O)/C=C/c1ccccc1CBr. The van der Waals surface area contributed by atoms with Gasteiger partial charge in [0.2, 0.25) is 0 Å². The maximum Gasteiger partial charge on any atom is 0.331 e. The van der Waals surface area contributed by atoms with Crippen LogP contribution in [-0.2, 0) is 14.9 Å². The number of carbonyl (C=O) groups is 1. The average molecular weight is 281 g/mol. The predicted molar refractivity (Wildman–Crippen MR) is 69.3 cm³/mol. The van der Waals surface area contributed by atoms with Crippen molar-refractivity contribution in [2.75, 3.05) is 6.61 Å². The number of hydrogen-bond acceptors (Lipinski definition) is 2. The molecule has 0 saturated carbocycles. The topological polar surface area (TPSA) is 26.3 Å². The third-order valence-electron chi connectivity index (χ3n) is 1.94. The van der Waals surface area contributed by atoms with Crippen molar-refractivity contribution in [1.29, 1.82) is 0 Å². The summed E-state index contributed by atoms with van der Waals surface area (Å²) in [5, 5.41) is 0.759. The molecule has 0 aliphatic heterocycles. The van der Waals surface area contributed by atoms with Gasteiger partial charge in [-0.25, -0.2) is 4.79 Å². The molecule has 0 saturated heterocycles. The van der Waals surface area contributed by atoms with Gasteiger partial charge >= 0.3 is 5.97 Å². The standard InChI is InChI=1S/C13H13BrO2/c1-2-9-16-13(15)8-7-11-5-3-4-6-12(11)10-14/h2-8H,1,9-10H2/b8-7+. The first kappa shape index (κ1) is 12.7. The van der Waals surface area contributed by atoms with Crippen LogP contribution in [0.3, 0.4) is 0 Å². The van der Waals surface area contributed by atoms with Crippen molar-refractivity contribution in [2.45, 2.75) is 5.33 Å². The molecule has 0 radical (unpaired) electrons. The van der Waals surface area contributed by atoms with Crippen LogP contribution in [-0.4, -0.2) is 12.6 Å². The van der Waals surface area contributed by atoms with Crippen molar-refractivity contribution in [3.8, 4) is 0 Å². The molecule has 0 aliphatic rings. The van der Waals surface area contributed by atoms with Crippen molar-refractivity contribution in [2.24, 2.45) is 0 Å². The first-order chi connectivity index (χ1) is 7.77. The zero-order chi connectivity index (χ0) is 11.8. The normalized spacial score (nSPS) is 10.3. The molecular weight excluding hydrogens is 268 g/mol. The van der Waals surface area contributed by atoms with Crippen molar-refractivity contribution < 1.29 is 9.53 Å². The zero-order valence-corrected chi connectivity index (χ0v) is 10.4. The fourth-order valence-electron chi connectivity index (χ4n) is 1.17. The van der Waals surface area contributed by atoms with Crippen LogP contribution >= 0.6 is 15.9 Å². The van der Waals surface area contributed by atoms with Gasteiger partial charge in [0.25, 0.3) is 0 Å². The Kier molecular flexibility index (Phi) is 5.57. The Labute approximate surface area is 104 Å². The summed E-state index contributed by atoms with van der Waals surface area (Å²) in [5.74, 6) is -0.357. The number of alkyl halides is 1. The molecule has 0 N–H and O–H groups in total. The van der Waals surface area contributed by atoms with Crippen LogP contribution in [0.5, 0.6) is 0 Å². The summed E-state index contributed by atoms with van der Waals surface area (Å²) >= 11 is 3.39. The number of ether oxygens (including phenoxy) is 1. The molecule has 0 aromatic heterocycles. The van der Waals surface area contributed by atoms with Gasteiger partial charge in [0.05, 0.1) is 0 Å². The van der Waals surface area contributed by atoms with Gasteiger partial charge in [-0.1, -0.05) is 52.9 Å². The number of rotatable bonds is 5. The van der Waals surface area contributed by atoms with Gasteiger partial charge in [-0.15, -0.1) is 0 Å². The van der Waals surface area contributed by atoms with E-state index in [-0.39, 0.29) is 12.6 Å². The monoisotopic (exact) mass is 280 g/mol. The molecule has 2 nitrogen and oxygen atoms in total. The van der Waals surface area contributed by atoms with Gasteiger partial charge < -0.3 is 4.74 Å². The van der Waals surface area contributed by atoms with E-state index < -0.39 is 0 Å². The summed E-state index contributed by atoms with van der Waals surface area (Å²) in [6.45, 7) is 3.71. The smallest absolute Gasteiger partial charge is 0.331 e. The van der Waals surface area contributed by atoms with Crippen LogP contribution in [0.4, 0.5) is 0 Å². The van der Waals surface area contributed by atoms with E-state index in [0.29, 0.717) is 0 Å². The molecule has 0 bridgehead atoms. The van der Waals surface area contributed by atoms with E-state index in [2.05, 4.69) is 22.5 Å². The highest BCUT2D eigenvalue weighted by molar-refractivity contribution is 9.08. The minimum Gasteiger partial charge on any atom is -0.458 e. The molecule has 0 heterocycles. The maximum atomic E-state index is 11.2. The molecule has 0 fully saturated rings. The second-order valence-electron chi connectivity index (χ2n) is 3.08. The van der Waals surface area contributed by atoms with Crippen LogP contribution in [0, 0.1) is 0 Å². The summed E-state index contributed by atoms with van der Waals surface area (Å²) in [4.78, 5) is 11.2. The van der Waals surface area contributed by atoms with Crippen LogP contribution < -0.4 is 0 Å². The molecule has 0 spiro atoms. The van der Waals surface area contributed by atoms with Crippen molar-refractivity contribution in [3.05, 3.63) is 54.1 Å². The molecule has 1 aromatic rings. The first-order valence-corrected chi connectivity index (χ1v) is 5.99. The highest BCUT2D eigenvalue weighted by Gasteiger charge is 1.98. The highest BCUT2D eigenvalue weighted by atomic mass is 79.9. The molecule has 1 rings (SSSR count). The van der Waals surface area contributed by atoms with E-state index in [0.717, 1.165) is 16.5 Å². The van der Waals surface area contributed by atoms with E-state index in [1.807, 2.05) is 24.3 Å². The van der Waals surface area contributed by atoms with Crippen molar-refractivity contribution >= 4 is 28.0 Å². The van der Waals surface area contributed by atoms with E-state index in [4.69, 9.17) is 4.74 Å². The summed E-state index contributed by atoms with van der Waals surface area (Å²) in [6, 6.07) is 7.85. The molecule has 1 aromatic carbocycles. The van der Waals surface area contributed by atoms with Crippen LogP contribution in [0.15, 0.2) is 43.0 Å². The average Bonchev–Trinajstić information content (AvgIpc) is 2.34. The first-order valence-electron chi connectivity index (χ1n) is 4.87. The van der Waals surface area contributed by atoms with Crippen LogP contribution in [0.1, 0.15) is 11.1 Å². The Balaban J connectivity index is 2.68. The number of carbonyl (C=O) groups excluding carboxylic acids is 1. The van der Waals surface area contributed by atoms with Crippen LogP contribution in [0.25, 0.3) is 6.08 Å². The largest absolute Gasteiger partial charge is 0.458 e. The van der Waals surface area contributed by atoms with Gasteiger partial charge in [0, 0.05) is 11.4 Å². The lowest BCUT2D eigenvalue weighted by atomic mass is 10.1. The summed E-state index contributed by atoms with van der Waals surface area (Å²) < 4.78 is 4.83. The lowest BCUT2D eigenvalue weighted by Crippen LogP contribution is -1.99. The van der Waals surface area contributed by atoms with Gasteiger partial charge in [-0.2, -0.15) is 0 Å². The third-order valence-corrected chi connectivity index (χ3v) is 2.55. The summed E-state index contributed by atoms with van der Waals surface area (Å²) in [7, 11) is 0. The second-order valence-corrected chi connectivity index (χ2v) is 3.65. The van der Waals surface area contributed by atoms with E-state index >= 15 is 0 Å². The fraction of sp³-hybridized carbons (Fsp3) is 0.154. The number of benzene rings is 1. The highest BCUT2D eigenvalue weighted by Crippen LogP contribution is 2.13. The molecule has 0 aliphatic carbocycles. The molecule has 16 heavy (non-hydrogen) atoms. The Hall–Kier alpha value is -1.35. The minimum atomic E-state index is -0.357. The Morgan fingerprint density at radius 2 is 2.19 bits per heavy atom. The fourth-order valence-corrected chi connectivity index (χ4v) is 1.68. The van der Waals surface area contributed by atoms with Crippen molar-refractivity contribution in [3.63, 3.8) is 0 Å². The maximum absolute atomic E-state index is 11.2. The number of hydrogen-bond donors (Lipinski definition) is 0. The van der Waals surface area contributed by atoms with Gasteiger partial charge in [-0.3, -0.25) is 0 Å². The summed E-state index contributed by atoms with van der Waals surface area (Å²) in [6.07, 6.45) is 4.71. The lowest BCUT2D eigenvalue weighted by Gasteiger charge is -2.01. The minimum absolute atomic E-state index is 0.239. The van der Waals surface area contributed by atoms with Gasteiger partial charge in [0.1, 0.15) is 6.61 Å². The van der Waals surface area contributed by atoms with E-state index in [1.54, 1.807) is 6.08 Å². The quantitative estimate of drug-likeness (QED) is 0.358. The summed E-state index contributed by atoms with van der Waals surface area (Å²) in [5.41, 5.74) is 2.14. The molecule has 0 atom stereocenters. The lowest BCUT2D eigenvalue weighted by molar-refractivity contribution is -0.136. The number of halogens is 1. The van der Waals surface area contributed by atoms with Crippen LogP contribution in [0.2, 0.25) is 0 Å². The molecule has 84 valence electrons. The molecule has 0 amide bonds. The van der Waals surface area contributed by atoms with Gasteiger partial charge in [-0.05, 0) is 17.2 Å². The Morgan fingerprint density at radius 3 is 2.88 bits per heavy atom. The zero-order valence-electron chi connectivity index (χ0n) is 8.86. The predicted octanol–water partition coefficient (Wildman–Crippen LogP) is 3.32. The van der Waals surface area contributed by atoms with Crippen molar-refractivity contribution in [1.82, 2.24) is 0 Å². The molecular formula is C13H13BrO2. The Morgan fingerprint density at radius 1 is 1.44 bits per heavy atom. The van der Waals surface area contributed by atoms with E-state index in [1.165, 1.54) is 12.2 Å². The number of esters is 1. The second kappa shape index (κ2) is 7.01. The Bertz CT molecular complexity index is 397. The molecule has 3 heteroatoms.